The lowest BCUT2D eigenvalue weighted by Gasteiger charge is -2.40. The molecule has 0 saturated carbocycles. The second-order valence-electron chi connectivity index (χ2n) is 6.98. The standard InChI is InChI=1S/C22H32N/c1-5-17-23(4,6-2)19(3)18-22(20-13-9-7-10-14-20)21-15-11-8-12-16-21/h7-16,19,22H,5-6,17-18H2,1-4H3/q+1. The Morgan fingerprint density at radius 2 is 1.30 bits per heavy atom. The Labute approximate surface area is 142 Å². The van der Waals surface area contributed by atoms with Crippen LogP contribution in [0.1, 0.15) is 50.7 Å². The third-order valence-electron chi connectivity index (χ3n) is 5.50. The molecular formula is C22H32N+. The number of nitrogens with zero attached hydrogens (tertiary/aromatic N) is 1. The van der Waals surface area contributed by atoms with Gasteiger partial charge in [0.2, 0.25) is 0 Å². The molecule has 0 aliphatic carbocycles. The Balaban J connectivity index is 2.29. The Kier molecular flexibility index (Phi) is 6.41. The summed E-state index contributed by atoms with van der Waals surface area (Å²) in [6.45, 7) is 9.51. The topological polar surface area (TPSA) is 0 Å². The highest BCUT2D eigenvalue weighted by Crippen LogP contribution is 2.32. The molecule has 0 heterocycles. The molecule has 2 atom stereocenters. The molecule has 124 valence electrons. The van der Waals surface area contributed by atoms with Crippen LogP contribution in [-0.4, -0.2) is 30.7 Å². The average Bonchev–Trinajstić information content (AvgIpc) is 2.61. The van der Waals surface area contributed by atoms with Gasteiger partial charge in [-0.2, -0.15) is 0 Å². The zero-order valence-electron chi connectivity index (χ0n) is 15.2. The van der Waals surface area contributed by atoms with Crippen LogP contribution in [0.4, 0.5) is 0 Å². The first-order chi connectivity index (χ1) is 11.1. The molecule has 1 nitrogen and oxygen atoms in total. The molecule has 0 bridgehead atoms. The van der Waals surface area contributed by atoms with Gasteiger partial charge in [-0.05, 0) is 31.4 Å². The van der Waals surface area contributed by atoms with Crippen LogP contribution < -0.4 is 0 Å². The number of hydrogen-bond donors (Lipinski definition) is 0. The van der Waals surface area contributed by atoms with E-state index in [-0.39, 0.29) is 0 Å². The summed E-state index contributed by atoms with van der Waals surface area (Å²) in [7, 11) is 2.42. The van der Waals surface area contributed by atoms with E-state index in [0.29, 0.717) is 12.0 Å². The molecule has 2 aromatic carbocycles. The van der Waals surface area contributed by atoms with Gasteiger partial charge in [-0.15, -0.1) is 0 Å². The van der Waals surface area contributed by atoms with Crippen LogP contribution in [-0.2, 0) is 0 Å². The number of rotatable bonds is 8. The van der Waals surface area contributed by atoms with E-state index in [1.807, 2.05) is 0 Å². The van der Waals surface area contributed by atoms with E-state index < -0.39 is 0 Å². The van der Waals surface area contributed by atoms with Crippen LogP contribution in [0.2, 0.25) is 0 Å². The average molecular weight is 311 g/mol. The molecule has 23 heavy (non-hydrogen) atoms. The van der Waals surface area contributed by atoms with Crippen LogP contribution in [0.5, 0.6) is 0 Å². The molecule has 0 saturated heterocycles. The van der Waals surface area contributed by atoms with E-state index >= 15 is 0 Å². The summed E-state index contributed by atoms with van der Waals surface area (Å²) in [6.07, 6.45) is 2.44. The van der Waals surface area contributed by atoms with Crippen molar-refractivity contribution in [3.63, 3.8) is 0 Å². The van der Waals surface area contributed by atoms with Crippen molar-refractivity contribution in [2.24, 2.45) is 0 Å². The summed E-state index contributed by atoms with van der Waals surface area (Å²) in [4.78, 5) is 0. The summed E-state index contributed by atoms with van der Waals surface area (Å²) in [5.74, 6) is 0.480. The number of benzene rings is 2. The molecule has 2 rings (SSSR count). The van der Waals surface area contributed by atoms with Gasteiger partial charge < -0.3 is 4.48 Å². The van der Waals surface area contributed by atoms with Crippen LogP contribution in [0.25, 0.3) is 0 Å². The van der Waals surface area contributed by atoms with Crippen molar-refractivity contribution in [3.05, 3.63) is 71.8 Å². The van der Waals surface area contributed by atoms with E-state index in [2.05, 4.69) is 88.5 Å². The minimum atomic E-state index is 0.480. The van der Waals surface area contributed by atoms with Gasteiger partial charge in [-0.1, -0.05) is 67.6 Å². The Morgan fingerprint density at radius 3 is 1.70 bits per heavy atom. The minimum Gasteiger partial charge on any atom is -0.324 e. The fourth-order valence-electron chi connectivity index (χ4n) is 3.63. The van der Waals surface area contributed by atoms with E-state index in [4.69, 9.17) is 0 Å². The zero-order chi connectivity index (χ0) is 16.7. The van der Waals surface area contributed by atoms with Crippen molar-refractivity contribution >= 4 is 0 Å². The maximum Gasteiger partial charge on any atom is 0.0868 e. The van der Waals surface area contributed by atoms with Crippen LogP contribution in [0.3, 0.4) is 0 Å². The van der Waals surface area contributed by atoms with Crippen molar-refractivity contribution in [2.75, 3.05) is 20.1 Å². The summed E-state index contributed by atoms with van der Waals surface area (Å²) in [6, 6.07) is 22.6. The molecule has 0 spiro atoms. The molecule has 2 unspecified atom stereocenters. The molecule has 0 radical (unpaired) electrons. The van der Waals surface area contributed by atoms with Gasteiger partial charge in [-0.25, -0.2) is 0 Å². The lowest BCUT2D eigenvalue weighted by atomic mass is 9.85. The van der Waals surface area contributed by atoms with Gasteiger partial charge in [0.15, 0.2) is 0 Å². The molecule has 0 N–H and O–H groups in total. The van der Waals surface area contributed by atoms with Crippen molar-refractivity contribution in [1.29, 1.82) is 0 Å². The van der Waals surface area contributed by atoms with Gasteiger partial charge in [0.25, 0.3) is 0 Å². The fourth-order valence-corrected chi connectivity index (χ4v) is 3.63. The quantitative estimate of drug-likeness (QED) is 0.567. The Bertz CT molecular complexity index is 524. The summed E-state index contributed by atoms with van der Waals surface area (Å²) in [5, 5.41) is 0. The first-order valence-corrected chi connectivity index (χ1v) is 9.04. The van der Waals surface area contributed by atoms with Crippen molar-refractivity contribution in [2.45, 2.75) is 45.6 Å². The zero-order valence-corrected chi connectivity index (χ0v) is 15.2. The SMILES string of the molecule is CCC[N+](C)(CC)C(C)CC(c1ccccc1)c1ccccc1. The van der Waals surface area contributed by atoms with Gasteiger partial charge >= 0.3 is 0 Å². The van der Waals surface area contributed by atoms with Gasteiger partial charge in [-0.3, -0.25) is 0 Å². The smallest absolute Gasteiger partial charge is 0.0868 e. The van der Waals surface area contributed by atoms with E-state index in [1.165, 1.54) is 37.1 Å². The van der Waals surface area contributed by atoms with Crippen molar-refractivity contribution < 1.29 is 4.48 Å². The Morgan fingerprint density at radius 1 is 0.826 bits per heavy atom. The van der Waals surface area contributed by atoms with E-state index in [1.54, 1.807) is 0 Å². The molecule has 0 aliphatic heterocycles. The normalized spacial score (nSPS) is 15.3. The molecule has 0 aromatic heterocycles. The minimum absolute atomic E-state index is 0.480. The highest BCUT2D eigenvalue weighted by atomic mass is 15.3. The maximum absolute atomic E-state index is 2.43. The third-order valence-corrected chi connectivity index (χ3v) is 5.50. The fraction of sp³-hybridized carbons (Fsp3) is 0.455. The van der Waals surface area contributed by atoms with Crippen molar-refractivity contribution in [1.82, 2.24) is 0 Å². The summed E-state index contributed by atoms with van der Waals surface area (Å²) < 4.78 is 1.16. The van der Waals surface area contributed by atoms with E-state index in [9.17, 15) is 0 Å². The van der Waals surface area contributed by atoms with E-state index in [0.717, 1.165) is 4.48 Å². The monoisotopic (exact) mass is 310 g/mol. The predicted octanol–water partition coefficient (Wildman–Crippen LogP) is 5.47. The highest BCUT2D eigenvalue weighted by molar-refractivity contribution is 5.32. The second-order valence-corrected chi connectivity index (χ2v) is 6.98. The summed E-state index contributed by atoms with van der Waals surface area (Å²) in [5.41, 5.74) is 2.87. The van der Waals surface area contributed by atoms with Gasteiger partial charge in [0.1, 0.15) is 0 Å². The lowest BCUT2D eigenvalue weighted by molar-refractivity contribution is -0.930. The summed E-state index contributed by atoms with van der Waals surface area (Å²) >= 11 is 0. The molecule has 2 aromatic rings. The predicted molar refractivity (Wildman–Crippen MR) is 101 cm³/mol. The van der Waals surface area contributed by atoms with Crippen molar-refractivity contribution in [3.8, 4) is 0 Å². The molecule has 0 aliphatic rings. The molecular weight excluding hydrogens is 278 g/mol. The molecule has 0 amide bonds. The largest absolute Gasteiger partial charge is 0.324 e. The van der Waals surface area contributed by atoms with Crippen LogP contribution in [0, 0.1) is 0 Å². The first-order valence-electron chi connectivity index (χ1n) is 9.04. The van der Waals surface area contributed by atoms with Gasteiger partial charge in [0.05, 0.1) is 26.2 Å². The van der Waals surface area contributed by atoms with Crippen LogP contribution >= 0.6 is 0 Å². The number of hydrogen-bond acceptors (Lipinski definition) is 0. The highest BCUT2D eigenvalue weighted by Gasteiger charge is 2.29. The first kappa shape index (κ1) is 17.7. The lowest BCUT2D eigenvalue weighted by Crippen LogP contribution is -2.51. The molecule has 1 heteroatoms. The van der Waals surface area contributed by atoms with Gasteiger partial charge in [0, 0.05) is 12.3 Å². The second kappa shape index (κ2) is 8.31. The maximum atomic E-state index is 2.43. The molecule has 0 fully saturated rings. The Hall–Kier alpha value is -1.60. The third kappa shape index (κ3) is 4.45. The number of quaternary nitrogens is 1. The van der Waals surface area contributed by atoms with Crippen LogP contribution in [0.15, 0.2) is 60.7 Å².